The summed E-state index contributed by atoms with van der Waals surface area (Å²) >= 11 is 0. The third-order valence-electron chi connectivity index (χ3n) is 1.11. The molecule has 1 radical (unpaired) electrons. The molecule has 0 fully saturated rings. The summed E-state index contributed by atoms with van der Waals surface area (Å²) in [5, 5.41) is 0. The molecule has 0 aromatic heterocycles. The average molecular weight is 251 g/mol. The van der Waals surface area contributed by atoms with Gasteiger partial charge in [0.25, 0.3) is 0 Å². The largest absolute Gasteiger partial charge is 2.00 e. The van der Waals surface area contributed by atoms with Crippen LogP contribution in [0.15, 0.2) is 60.7 Å². The first kappa shape index (κ1) is 17.0. The summed E-state index contributed by atoms with van der Waals surface area (Å²) in [4.78, 5) is 0. The van der Waals surface area contributed by atoms with Crippen molar-refractivity contribution in [2.24, 2.45) is 0 Å². The Hall–Kier alpha value is -0.369. The molecule has 2 aromatic carbocycles. The van der Waals surface area contributed by atoms with Crippen molar-refractivity contribution in [1.29, 1.82) is 0 Å². The van der Waals surface area contributed by atoms with Gasteiger partial charge in [-0.3, -0.25) is 0 Å². The van der Waals surface area contributed by atoms with Gasteiger partial charge < -0.3 is 0 Å². The fourth-order valence-electron chi connectivity index (χ4n) is 0.642. The number of hydrogen-bond acceptors (Lipinski definition) is 0. The van der Waals surface area contributed by atoms with E-state index in [1.807, 2.05) is 60.7 Å². The molecule has 0 atom stereocenters. The Balaban J connectivity index is 0. The Morgan fingerprint density at radius 2 is 0.867 bits per heavy atom. The standard InChI is InChI=1S/2C5H5.C3H9Si.Ti/c2*1-2-4-5-3-1;1-4(2)3;/h2*1-5H;1-3H3;/q2*-1;;+2. The van der Waals surface area contributed by atoms with E-state index < -0.39 is 0 Å². The predicted octanol–water partition coefficient (Wildman–Crippen LogP) is 4.18. The summed E-state index contributed by atoms with van der Waals surface area (Å²) in [5.41, 5.74) is 0. The number of rotatable bonds is 0. The molecule has 2 rings (SSSR count). The van der Waals surface area contributed by atoms with Gasteiger partial charge in [0.1, 0.15) is 0 Å². The third kappa shape index (κ3) is 19.9. The van der Waals surface area contributed by atoms with Gasteiger partial charge in [-0.25, -0.2) is 24.3 Å². The van der Waals surface area contributed by atoms with E-state index in [0.29, 0.717) is 0 Å². The van der Waals surface area contributed by atoms with Gasteiger partial charge in [0.15, 0.2) is 0 Å². The average Bonchev–Trinajstić information content (AvgIpc) is 2.83. The monoisotopic (exact) mass is 251 g/mol. The van der Waals surface area contributed by atoms with E-state index in [4.69, 9.17) is 0 Å². The van der Waals surface area contributed by atoms with Crippen LogP contribution < -0.4 is 0 Å². The molecule has 0 nitrogen and oxygen atoms in total. The van der Waals surface area contributed by atoms with Gasteiger partial charge in [0.05, 0.1) is 0 Å². The van der Waals surface area contributed by atoms with Crippen molar-refractivity contribution in [3.8, 4) is 0 Å². The fourth-order valence-corrected chi connectivity index (χ4v) is 0.642. The van der Waals surface area contributed by atoms with Crippen LogP contribution in [0.1, 0.15) is 0 Å². The molecule has 0 saturated carbocycles. The maximum absolute atomic E-state index is 2.27. The second-order valence-electron chi connectivity index (χ2n) is 3.42. The zero-order valence-corrected chi connectivity index (χ0v) is 12.3. The smallest absolute Gasteiger partial charge is 0.214 e. The van der Waals surface area contributed by atoms with E-state index in [0.717, 1.165) is 0 Å². The Morgan fingerprint density at radius 3 is 0.933 bits per heavy atom. The van der Waals surface area contributed by atoms with E-state index in [-0.39, 0.29) is 30.5 Å². The van der Waals surface area contributed by atoms with Gasteiger partial charge in [0, 0.05) is 8.80 Å². The summed E-state index contributed by atoms with van der Waals surface area (Å²) in [7, 11) is 0.120. The summed E-state index contributed by atoms with van der Waals surface area (Å²) in [6, 6.07) is 20.0. The molecule has 0 saturated heterocycles. The first-order valence-electron chi connectivity index (χ1n) is 4.83. The van der Waals surface area contributed by atoms with Gasteiger partial charge in [0.2, 0.25) is 0 Å². The van der Waals surface area contributed by atoms with Crippen LogP contribution in [0.2, 0.25) is 19.6 Å². The fraction of sp³-hybridized carbons (Fsp3) is 0.231. The van der Waals surface area contributed by atoms with E-state index in [9.17, 15) is 0 Å². The van der Waals surface area contributed by atoms with Crippen molar-refractivity contribution in [1.82, 2.24) is 0 Å². The van der Waals surface area contributed by atoms with Crippen LogP contribution in [0.5, 0.6) is 0 Å². The molecular weight excluding hydrogens is 232 g/mol. The van der Waals surface area contributed by atoms with Crippen LogP contribution in [0, 0.1) is 0 Å². The zero-order valence-electron chi connectivity index (χ0n) is 9.77. The van der Waals surface area contributed by atoms with Crippen LogP contribution in [0.4, 0.5) is 0 Å². The van der Waals surface area contributed by atoms with Gasteiger partial charge in [-0.05, 0) is 0 Å². The van der Waals surface area contributed by atoms with Crippen LogP contribution in [0.25, 0.3) is 0 Å². The topological polar surface area (TPSA) is 0 Å². The predicted molar refractivity (Wildman–Crippen MR) is 67.4 cm³/mol. The van der Waals surface area contributed by atoms with Gasteiger partial charge >= 0.3 is 21.7 Å². The summed E-state index contributed by atoms with van der Waals surface area (Å²) < 4.78 is 0. The quantitative estimate of drug-likeness (QED) is 0.486. The SMILES string of the molecule is C[Si](C)C.[Ti+2].c1cc[cH-]c1.c1cc[cH-]c1. The van der Waals surface area contributed by atoms with E-state index in [2.05, 4.69) is 19.6 Å². The van der Waals surface area contributed by atoms with Crippen LogP contribution in [0.3, 0.4) is 0 Å². The van der Waals surface area contributed by atoms with Gasteiger partial charge in [-0.2, -0.15) is 36.4 Å². The van der Waals surface area contributed by atoms with Crippen LogP contribution >= 0.6 is 0 Å². The number of hydrogen-bond donors (Lipinski definition) is 0. The van der Waals surface area contributed by atoms with E-state index >= 15 is 0 Å². The maximum atomic E-state index is 2.27. The van der Waals surface area contributed by atoms with Gasteiger partial charge in [-0.1, -0.05) is 19.6 Å². The van der Waals surface area contributed by atoms with Crippen molar-refractivity contribution < 1.29 is 21.7 Å². The Bertz CT molecular complexity index is 182. The first-order valence-corrected chi connectivity index (χ1v) is 7.83. The molecule has 0 heterocycles. The molecule has 0 aliphatic rings. The molecule has 0 unspecified atom stereocenters. The van der Waals surface area contributed by atoms with Crippen molar-refractivity contribution in [2.45, 2.75) is 19.6 Å². The molecule has 0 bridgehead atoms. The minimum Gasteiger partial charge on any atom is -0.214 e. The normalized spacial score (nSPS) is 7.73. The van der Waals surface area contributed by atoms with Crippen molar-refractivity contribution in [2.75, 3.05) is 0 Å². The molecule has 79 valence electrons. The molecule has 0 spiro atoms. The zero-order chi connectivity index (χ0) is 10.6. The first-order chi connectivity index (χ1) is 6.73. The van der Waals surface area contributed by atoms with Crippen molar-refractivity contribution >= 4 is 8.80 Å². The maximum Gasteiger partial charge on any atom is 2.00 e. The summed E-state index contributed by atoms with van der Waals surface area (Å²) in [6.07, 6.45) is 0. The molecule has 15 heavy (non-hydrogen) atoms. The summed E-state index contributed by atoms with van der Waals surface area (Å²) in [5.74, 6) is 0. The molecule has 2 heteroatoms. The van der Waals surface area contributed by atoms with E-state index in [1.165, 1.54) is 0 Å². The molecule has 0 aliphatic carbocycles. The molecular formula is C13H19SiTi. The molecule has 2 aromatic rings. The second-order valence-corrected chi connectivity index (χ2v) is 6.42. The van der Waals surface area contributed by atoms with Crippen LogP contribution in [-0.4, -0.2) is 8.80 Å². The Kier molecular flexibility index (Phi) is 15.5. The minimum atomic E-state index is 0. The molecule has 0 aliphatic heterocycles. The third-order valence-corrected chi connectivity index (χ3v) is 1.11. The van der Waals surface area contributed by atoms with Crippen molar-refractivity contribution in [3.63, 3.8) is 0 Å². The Morgan fingerprint density at radius 1 is 0.667 bits per heavy atom. The summed E-state index contributed by atoms with van der Waals surface area (Å²) in [6.45, 7) is 6.81. The van der Waals surface area contributed by atoms with Crippen molar-refractivity contribution in [3.05, 3.63) is 60.7 Å². The van der Waals surface area contributed by atoms with Gasteiger partial charge in [-0.15, -0.1) is 0 Å². The van der Waals surface area contributed by atoms with E-state index in [1.54, 1.807) is 0 Å². The minimum absolute atomic E-state index is 0. The van der Waals surface area contributed by atoms with Crippen LogP contribution in [-0.2, 0) is 21.7 Å². The molecule has 0 N–H and O–H groups in total. The second kappa shape index (κ2) is 13.6. The Labute approximate surface area is 111 Å². The molecule has 0 amide bonds.